The van der Waals surface area contributed by atoms with Crippen LogP contribution in [-0.4, -0.2) is 15.0 Å². The molecule has 3 aromatic rings. The van der Waals surface area contributed by atoms with Crippen LogP contribution in [0.4, 0.5) is 4.39 Å². The number of hydrogen-bond acceptors (Lipinski definition) is 2. The third-order valence-corrected chi connectivity index (χ3v) is 2.69. The minimum absolute atomic E-state index is 0.284. The van der Waals surface area contributed by atoms with Crippen molar-refractivity contribution in [3.8, 4) is 5.69 Å². The van der Waals surface area contributed by atoms with Crippen molar-refractivity contribution >= 4 is 11.0 Å². The van der Waals surface area contributed by atoms with E-state index in [1.807, 2.05) is 31.2 Å². The molecule has 1 aromatic heterocycles. The number of rotatable bonds is 1. The van der Waals surface area contributed by atoms with Crippen LogP contribution in [0.2, 0.25) is 0 Å². The first-order valence-electron chi connectivity index (χ1n) is 5.32. The van der Waals surface area contributed by atoms with Gasteiger partial charge >= 0.3 is 0 Å². The summed E-state index contributed by atoms with van der Waals surface area (Å²) in [5, 5.41) is 8.04. The summed E-state index contributed by atoms with van der Waals surface area (Å²) in [5.41, 5.74) is 3.41. The average Bonchev–Trinajstić information content (AvgIpc) is 2.73. The van der Waals surface area contributed by atoms with Crippen LogP contribution < -0.4 is 0 Å². The van der Waals surface area contributed by atoms with Gasteiger partial charge in [0.1, 0.15) is 11.3 Å². The highest BCUT2D eigenvalue weighted by molar-refractivity contribution is 5.76. The van der Waals surface area contributed by atoms with Crippen LogP contribution in [0.5, 0.6) is 0 Å². The van der Waals surface area contributed by atoms with Gasteiger partial charge < -0.3 is 0 Å². The molecule has 4 heteroatoms. The standard InChI is InChI=1S/C13H10FN3/c1-9-2-5-11(6-3-9)17-13-8-10(14)4-7-12(13)15-16-17/h2-8H,1H3. The van der Waals surface area contributed by atoms with Gasteiger partial charge in [-0.15, -0.1) is 5.10 Å². The van der Waals surface area contributed by atoms with Gasteiger partial charge in [0.05, 0.1) is 11.2 Å². The molecule has 0 spiro atoms. The largest absolute Gasteiger partial charge is 0.213 e. The monoisotopic (exact) mass is 227 g/mol. The smallest absolute Gasteiger partial charge is 0.125 e. The highest BCUT2D eigenvalue weighted by atomic mass is 19.1. The van der Waals surface area contributed by atoms with Crippen molar-refractivity contribution in [3.05, 3.63) is 53.8 Å². The summed E-state index contributed by atoms with van der Waals surface area (Å²) >= 11 is 0. The Kier molecular flexibility index (Phi) is 2.14. The molecular formula is C13H10FN3. The topological polar surface area (TPSA) is 30.7 Å². The van der Waals surface area contributed by atoms with E-state index in [2.05, 4.69) is 10.3 Å². The van der Waals surface area contributed by atoms with E-state index in [1.165, 1.54) is 17.7 Å². The van der Waals surface area contributed by atoms with Gasteiger partial charge in [0.15, 0.2) is 0 Å². The zero-order valence-electron chi connectivity index (χ0n) is 9.26. The first-order chi connectivity index (χ1) is 8.24. The second kappa shape index (κ2) is 3.66. The van der Waals surface area contributed by atoms with Crippen LogP contribution in [0.1, 0.15) is 5.56 Å². The van der Waals surface area contributed by atoms with Gasteiger partial charge in [-0.3, -0.25) is 0 Å². The Labute approximate surface area is 97.5 Å². The van der Waals surface area contributed by atoms with Crippen LogP contribution in [0.25, 0.3) is 16.7 Å². The van der Waals surface area contributed by atoms with Gasteiger partial charge in [0.2, 0.25) is 0 Å². The molecule has 0 atom stereocenters. The average molecular weight is 227 g/mol. The summed E-state index contributed by atoms with van der Waals surface area (Å²) in [6, 6.07) is 12.3. The fourth-order valence-corrected chi connectivity index (χ4v) is 1.77. The molecule has 1 heterocycles. The Morgan fingerprint density at radius 1 is 1.06 bits per heavy atom. The van der Waals surface area contributed by atoms with Crippen molar-refractivity contribution in [2.45, 2.75) is 6.92 Å². The molecule has 0 saturated carbocycles. The first-order valence-corrected chi connectivity index (χ1v) is 5.32. The molecule has 3 rings (SSSR count). The Morgan fingerprint density at radius 2 is 1.82 bits per heavy atom. The predicted octanol–water partition coefficient (Wildman–Crippen LogP) is 2.87. The molecule has 0 amide bonds. The highest BCUT2D eigenvalue weighted by Gasteiger charge is 2.06. The lowest BCUT2D eigenvalue weighted by Crippen LogP contribution is -1.96. The van der Waals surface area contributed by atoms with E-state index in [0.717, 1.165) is 5.69 Å². The molecule has 0 aliphatic rings. The number of benzene rings is 2. The Balaban J connectivity index is 2.23. The van der Waals surface area contributed by atoms with Crippen molar-refractivity contribution in [3.63, 3.8) is 0 Å². The van der Waals surface area contributed by atoms with Crippen LogP contribution in [0.3, 0.4) is 0 Å². The fraction of sp³-hybridized carbons (Fsp3) is 0.0769. The molecule has 84 valence electrons. The minimum atomic E-state index is -0.284. The van der Waals surface area contributed by atoms with Crippen molar-refractivity contribution in [2.75, 3.05) is 0 Å². The molecule has 0 radical (unpaired) electrons. The van der Waals surface area contributed by atoms with Crippen molar-refractivity contribution in [1.82, 2.24) is 15.0 Å². The van der Waals surface area contributed by atoms with E-state index in [4.69, 9.17) is 0 Å². The molecule has 0 N–H and O–H groups in total. The van der Waals surface area contributed by atoms with E-state index >= 15 is 0 Å². The molecule has 0 aliphatic heterocycles. The quantitative estimate of drug-likeness (QED) is 0.640. The third kappa shape index (κ3) is 1.67. The highest BCUT2D eigenvalue weighted by Crippen LogP contribution is 2.17. The summed E-state index contributed by atoms with van der Waals surface area (Å²) in [6.45, 7) is 2.02. The molecular weight excluding hydrogens is 217 g/mol. The van der Waals surface area contributed by atoms with E-state index < -0.39 is 0 Å². The lowest BCUT2D eigenvalue weighted by Gasteiger charge is -2.02. The number of halogens is 1. The van der Waals surface area contributed by atoms with E-state index in [-0.39, 0.29) is 5.82 Å². The number of fused-ring (bicyclic) bond motifs is 1. The summed E-state index contributed by atoms with van der Waals surface area (Å²) < 4.78 is 14.8. The van der Waals surface area contributed by atoms with Crippen LogP contribution in [0, 0.1) is 12.7 Å². The maximum absolute atomic E-state index is 13.2. The molecule has 0 bridgehead atoms. The SMILES string of the molecule is Cc1ccc(-n2nnc3ccc(F)cc32)cc1. The first kappa shape index (κ1) is 9.96. The minimum Gasteiger partial charge on any atom is -0.213 e. The number of aryl methyl sites for hydroxylation is 1. The normalized spacial score (nSPS) is 10.9. The zero-order valence-corrected chi connectivity index (χ0v) is 9.26. The number of aromatic nitrogens is 3. The number of nitrogens with zero attached hydrogens (tertiary/aromatic N) is 3. The van der Waals surface area contributed by atoms with Gasteiger partial charge in [-0.25, -0.2) is 9.07 Å². The fourth-order valence-electron chi connectivity index (χ4n) is 1.77. The lowest BCUT2D eigenvalue weighted by molar-refractivity contribution is 0.629. The zero-order chi connectivity index (χ0) is 11.8. The maximum atomic E-state index is 13.2. The van der Waals surface area contributed by atoms with E-state index in [1.54, 1.807) is 10.7 Å². The van der Waals surface area contributed by atoms with Gasteiger partial charge in [-0.2, -0.15) is 0 Å². The van der Waals surface area contributed by atoms with Crippen LogP contribution in [-0.2, 0) is 0 Å². The lowest BCUT2D eigenvalue weighted by atomic mass is 10.2. The third-order valence-electron chi connectivity index (χ3n) is 2.69. The van der Waals surface area contributed by atoms with Crippen LogP contribution >= 0.6 is 0 Å². The molecule has 3 nitrogen and oxygen atoms in total. The van der Waals surface area contributed by atoms with Crippen LogP contribution in [0.15, 0.2) is 42.5 Å². The Bertz CT molecular complexity index is 671. The molecule has 0 aliphatic carbocycles. The molecule has 2 aromatic carbocycles. The summed E-state index contributed by atoms with van der Waals surface area (Å²) in [6.07, 6.45) is 0. The summed E-state index contributed by atoms with van der Waals surface area (Å²) in [5.74, 6) is -0.284. The van der Waals surface area contributed by atoms with Gasteiger partial charge in [-0.1, -0.05) is 22.9 Å². The van der Waals surface area contributed by atoms with Crippen molar-refractivity contribution in [1.29, 1.82) is 0 Å². The molecule has 0 fully saturated rings. The van der Waals surface area contributed by atoms with Crippen molar-refractivity contribution < 1.29 is 4.39 Å². The Hall–Kier alpha value is -2.23. The second-order valence-electron chi connectivity index (χ2n) is 3.97. The number of hydrogen-bond donors (Lipinski definition) is 0. The second-order valence-corrected chi connectivity index (χ2v) is 3.97. The molecule has 0 unspecified atom stereocenters. The summed E-state index contributed by atoms with van der Waals surface area (Å²) in [4.78, 5) is 0. The van der Waals surface area contributed by atoms with E-state index in [0.29, 0.717) is 11.0 Å². The van der Waals surface area contributed by atoms with Gasteiger partial charge in [-0.05, 0) is 31.2 Å². The summed E-state index contributed by atoms with van der Waals surface area (Å²) in [7, 11) is 0. The molecule has 17 heavy (non-hydrogen) atoms. The predicted molar refractivity (Wildman–Crippen MR) is 63.6 cm³/mol. The van der Waals surface area contributed by atoms with E-state index in [9.17, 15) is 4.39 Å². The van der Waals surface area contributed by atoms with Gasteiger partial charge in [0, 0.05) is 6.07 Å². The van der Waals surface area contributed by atoms with Gasteiger partial charge in [0.25, 0.3) is 0 Å². The Morgan fingerprint density at radius 3 is 2.59 bits per heavy atom. The molecule has 0 saturated heterocycles. The maximum Gasteiger partial charge on any atom is 0.125 e. The van der Waals surface area contributed by atoms with Crippen molar-refractivity contribution in [2.24, 2.45) is 0 Å².